The molecule has 0 bridgehead atoms. The molecule has 0 unspecified atom stereocenters. The van der Waals surface area contributed by atoms with Crippen LogP contribution in [0.1, 0.15) is 51.4 Å². The number of hydrogen-bond donors (Lipinski definition) is 1. The fraction of sp³-hybridized carbons (Fsp3) is 0.786. The monoisotopic (exact) mass is 236 g/mol. The van der Waals surface area contributed by atoms with Crippen molar-refractivity contribution in [2.75, 3.05) is 6.61 Å². The topological polar surface area (TPSA) is 46.5 Å². The molecule has 3 aliphatic rings. The zero-order valence-electron chi connectivity index (χ0n) is 10.2. The molecule has 1 saturated carbocycles. The average Bonchev–Trinajstić information content (AvgIpc) is 2.31. The highest BCUT2D eigenvalue weighted by Crippen LogP contribution is 2.49. The number of ketones is 1. The van der Waals surface area contributed by atoms with Crippen LogP contribution in [0, 0.1) is 5.41 Å². The molecule has 17 heavy (non-hydrogen) atoms. The van der Waals surface area contributed by atoms with Gasteiger partial charge in [-0.25, -0.2) is 0 Å². The summed E-state index contributed by atoms with van der Waals surface area (Å²) in [6, 6.07) is 0. The van der Waals surface area contributed by atoms with Gasteiger partial charge in [0.05, 0.1) is 6.10 Å². The van der Waals surface area contributed by atoms with Crippen LogP contribution in [0.15, 0.2) is 11.3 Å². The van der Waals surface area contributed by atoms with E-state index >= 15 is 0 Å². The van der Waals surface area contributed by atoms with Gasteiger partial charge in [-0.05, 0) is 18.3 Å². The molecule has 1 fully saturated rings. The van der Waals surface area contributed by atoms with E-state index < -0.39 is 6.10 Å². The highest BCUT2D eigenvalue weighted by Gasteiger charge is 2.42. The molecule has 0 aromatic heterocycles. The molecule has 3 heteroatoms. The molecule has 1 aliphatic heterocycles. The number of rotatable bonds is 0. The van der Waals surface area contributed by atoms with Crippen LogP contribution in [-0.4, -0.2) is 23.6 Å². The molecule has 0 aromatic carbocycles. The second kappa shape index (κ2) is 4.13. The van der Waals surface area contributed by atoms with Crippen LogP contribution in [0.25, 0.3) is 0 Å². The summed E-state index contributed by atoms with van der Waals surface area (Å²) in [5.74, 6) is 1.13. The van der Waals surface area contributed by atoms with Crippen molar-refractivity contribution in [1.82, 2.24) is 0 Å². The standard InChI is InChI=1S/C14H20O3/c15-10-6-11-12(16)7-14(4-2-1-3-5-14)8-13(11)17-9-10/h10,15H,1-9H2/t10-/m0/s1. The Bertz CT molecular complexity index is 364. The molecule has 0 saturated heterocycles. The van der Waals surface area contributed by atoms with E-state index in [1.807, 2.05) is 0 Å². The van der Waals surface area contributed by atoms with E-state index in [1.54, 1.807) is 0 Å². The minimum atomic E-state index is -0.488. The summed E-state index contributed by atoms with van der Waals surface area (Å²) >= 11 is 0. The average molecular weight is 236 g/mol. The molecule has 3 rings (SSSR count). The molecule has 1 N–H and O–H groups in total. The largest absolute Gasteiger partial charge is 0.495 e. The SMILES string of the molecule is O=C1CC2(CCCCC2)CC2=C1C[C@H](O)CO2. The van der Waals surface area contributed by atoms with Gasteiger partial charge in [-0.15, -0.1) is 0 Å². The summed E-state index contributed by atoms with van der Waals surface area (Å²) < 4.78 is 5.60. The maximum Gasteiger partial charge on any atom is 0.162 e. The zero-order chi connectivity index (χ0) is 11.9. The molecule has 1 atom stereocenters. The maximum atomic E-state index is 12.2. The number of aliphatic hydroxyl groups excluding tert-OH is 1. The number of carbonyl (C=O) groups excluding carboxylic acids is 1. The van der Waals surface area contributed by atoms with Crippen molar-refractivity contribution in [1.29, 1.82) is 0 Å². The van der Waals surface area contributed by atoms with Gasteiger partial charge in [0, 0.05) is 24.8 Å². The van der Waals surface area contributed by atoms with E-state index in [0.29, 0.717) is 19.4 Å². The highest BCUT2D eigenvalue weighted by atomic mass is 16.5. The fourth-order valence-electron chi connectivity index (χ4n) is 3.63. The van der Waals surface area contributed by atoms with Gasteiger partial charge in [0.2, 0.25) is 0 Å². The lowest BCUT2D eigenvalue weighted by atomic mass is 9.64. The molecule has 0 aromatic rings. The van der Waals surface area contributed by atoms with Crippen LogP contribution in [0.5, 0.6) is 0 Å². The normalized spacial score (nSPS) is 32.3. The minimum Gasteiger partial charge on any atom is -0.495 e. The minimum absolute atomic E-state index is 0.191. The van der Waals surface area contributed by atoms with Gasteiger partial charge >= 0.3 is 0 Å². The van der Waals surface area contributed by atoms with Gasteiger partial charge in [-0.1, -0.05) is 19.3 Å². The third kappa shape index (κ3) is 2.01. The van der Waals surface area contributed by atoms with Crippen LogP contribution in [0.2, 0.25) is 0 Å². The van der Waals surface area contributed by atoms with E-state index in [1.165, 1.54) is 32.1 Å². The summed E-state index contributed by atoms with van der Waals surface area (Å²) in [5, 5.41) is 9.56. The van der Waals surface area contributed by atoms with E-state index in [0.717, 1.165) is 17.8 Å². The number of hydrogen-bond acceptors (Lipinski definition) is 3. The Morgan fingerprint density at radius 2 is 1.94 bits per heavy atom. The highest BCUT2D eigenvalue weighted by molar-refractivity contribution is 5.97. The van der Waals surface area contributed by atoms with Crippen molar-refractivity contribution in [3.8, 4) is 0 Å². The molecule has 0 amide bonds. The summed E-state index contributed by atoms with van der Waals surface area (Å²) in [7, 11) is 0. The molecule has 94 valence electrons. The maximum absolute atomic E-state index is 12.2. The Kier molecular flexibility index (Phi) is 2.74. The van der Waals surface area contributed by atoms with Crippen LogP contribution < -0.4 is 0 Å². The predicted octanol–water partition coefficient (Wildman–Crippen LogP) is 2.34. The lowest BCUT2D eigenvalue weighted by molar-refractivity contribution is -0.121. The van der Waals surface area contributed by atoms with E-state index in [2.05, 4.69) is 0 Å². The Balaban J connectivity index is 1.85. The predicted molar refractivity (Wildman–Crippen MR) is 63.4 cm³/mol. The van der Waals surface area contributed by atoms with Crippen molar-refractivity contribution in [3.05, 3.63) is 11.3 Å². The van der Waals surface area contributed by atoms with Gasteiger partial charge in [-0.2, -0.15) is 0 Å². The van der Waals surface area contributed by atoms with Crippen molar-refractivity contribution >= 4 is 5.78 Å². The summed E-state index contributed by atoms with van der Waals surface area (Å²) in [4.78, 5) is 12.2. The number of carbonyl (C=O) groups is 1. The molecule has 3 nitrogen and oxygen atoms in total. The van der Waals surface area contributed by atoms with Crippen LogP contribution in [0.4, 0.5) is 0 Å². The zero-order valence-corrected chi connectivity index (χ0v) is 10.2. The quantitative estimate of drug-likeness (QED) is 0.702. The van der Waals surface area contributed by atoms with Gasteiger partial charge < -0.3 is 9.84 Å². The second-order valence-corrected chi connectivity index (χ2v) is 5.91. The summed E-state index contributed by atoms with van der Waals surface area (Å²) in [6.07, 6.45) is 7.77. The summed E-state index contributed by atoms with van der Waals surface area (Å²) in [6.45, 7) is 0.363. The van der Waals surface area contributed by atoms with Gasteiger partial charge in [-0.3, -0.25) is 4.79 Å². The molecular formula is C14H20O3. The Morgan fingerprint density at radius 3 is 2.71 bits per heavy atom. The van der Waals surface area contributed by atoms with Crippen LogP contribution in [0.3, 0.4) is 0 Å². The van der Waals surface area contributed by atoms with E-state index in [4.69, 9.17) is 4.74 Å². The lowest BCUT2D eigenvalue weighted by Crippen LogP contribution is -2.37. The van der Waals surface area contributed by atoms with Crippen molar-refractivity contribution < 1.29 is 14.6 Å². The number of Topliss-reactive ketones (excluding diaryl/α,β-unsaturated/α-hetero) is 1. The number of aliphatic hydroxyl groups is 1. The van der Waals surface area contributed by atoms with Gasteiger partial charge in [0.25, 0.3) is 0 Å². The molecule has 1 spiro atoms. The first-order valence-electron chi connectivity index (χ1n) is 6.75. The summed E-state index contributed by atoms with van der Waals surface area (Å²) in [5.41, 5.74) is 0.969. The van der Waals surface area contributed by atoms with E-state index in [9.17, 15) is 9.90 Å². The van der Waals surface area contributed by atoms with Crippen LogP contribution in [-0.2, 0) is 9.53 Å². The van der Waals surface area contributed by atoms with Gasteiger partial charge in [0.1, 0.15) is 12.4 Å². The van der Waals surface area contributed by atoms with Crippen molar-refractivity contribution in [3.63, 3.8) is 0 Å². The third-order valence-electron chi connectivity index (χ3n) is 4.55. The molecular weight excluding hydrogens is 216 g/mol. The van der Waals surface area contributed by atoms with Crippen molar-refractivity contribution in [2.45, 2.75) is 57.5 Å². The first-order chi connectivity index (χ1) is 8.19. The number of ether oxygens (including phenoxy) is 1. The second-order valence-electron chi connectivity index (χ2n) is 5.91. The molecule has 1 heterocycles. The molecule has 2 aliphatic carbocycles. The Labute approximate surface area is 102 Å². The lowest BCUT2D eigenvalue weighted by Gasteiger charge is -2.42. The molecule has 0 radical (unpaired) electrons. The van der Waals surface area contributed by atoms with Gasteiger partial charge in [0.15, 0.2) is 5.78 Å². The van der Waals surface area contributed by atoms with Crippen LogP contribution >= 0.6 is 0 Å². The number of allylic oxidation sites excluding steroid dienone is 1. The smallest absolute Gasteiger partial charge is 0.162 e. The van der Waals surface area contributed by atoms with E-state index in [-0.39, 0.29) is 11.2 Å². The Hall–Kier alpha value is -0.830. The Morgan fingerprint density at radius 1 is 1.18 bits per heavy atom. The first-order valence-corrected chi connectivity index (χ1v) is 6.75. The first kappa shape index (κ1) is 11.3. The fourth-order valence-corrected chi connectivity index (χ4v) is 3.63. The van der Waals surface area contributed by atoms with Crippen molar-refractivity contribution in [2.24, 2.45) is 5.41 Å². The third-order valence-corrected chi connectivity index (χ3v) is 4.55.